The molecule has 0 saturated carbocycles. The van der Waals surface area contributed by atoms with Crippen molar-refractivity contribution < 1.29 is 14.7 Å². The number of fused-ring (bicyclic) bond motifs is 1. The number of likely N-dealkylation sites (N-methyl/N-ethyl adjacent to an activating group) is 1. The molecule has 4 rings (SSSR count). The normalized spacial score (nSPS) is 14.8. The molecule has 41 heavy (non-hydrogen) atoms. The summed E-state index contributed by atoms with van der Waals surface area (Å²) in [6.45, 7) is 6.18. The van der Waals surface area contributed by atoms with Gasteiger partial charge in [-0.05, 0) is 75.2 Å². The summed E-state index contributed by atoms with van der Waals surface area (Å²) in [6.07, 6.45) is 5.75. The average Bonchev–Trinajstić information content (AvgIpc) is 3.45. The van der Waals surface area contributed by atoms with Gasteiger partial charge in [0.15, 0.2) is 0 Å². The van der Waals surface area contributed by atoms with Crippen molar-refractivity contribution in [1.29, 1.82) is 0 Å². The number of carbonyl (C=O) groups is 2. The van der Waals surface area contributed by atoms with Crippen LogP contribution in [0, 0.1) is 0 Å². The van der Waals surface area contributed by atoms with E-state index in [1.54, 1.807) is 5.01 Å². The van der Waals surface area contributed by atoms with E-state index in [1.165, 1.54) is 0 Å². The SMILES string of the molecule is CCCN(CCCO)C(=O)C1=Cc2ccc(-c3ccc(C(=O)N4CCCC4)cc3)cc2N=C(N(N)CCN(C)C)C1. The van der Waals surface area contributed by atoms with E-state index in [4.69, 9.17) is 10.8 Å². The summed E-state index contributed by atoms with van der Waals surface area (Å²) in [6, 6.07) is 13.8. The Morgan fingerprint density at radius 1 is 0.976 bits per heavy atom. The van der Waals surface area contributed by atoms with Crippen LogP contribution in [0.25, 0.3) is 17.2 Å². The van der Waals surface area contributed by atoms with Gasteiger partial charge in [0.1, 0.15) is 5.84 Å². The van der Waals surface area contributed by atoms with Crippen LogP contribution in [0.2, 0.25) is 0 Å². The first kappa shape index (κ1) is 30.4. The number of nitrogens with zero attached hydrogens (tertiary/aromatic N) is 5. The summed E-state index contributed by atoms with van der Waals surface area (Å²) in [5.41, 5.74) is 4.90. The molecular weight excluding hydrogens is 516 g/mol. The monoisotopic (exact) mass is 560 g/mol. The third kappa shape index (κ3) is 7.81. The molecule has 0 unspecified atom stereocenters. The Morgan fingerprint density at radius 2 is 1.68 bits per heavy atom. The predicted octanol–water partition coefficient (Wildman–Crippen LogP) is 3.77. The quantitative estimate of drug-likeness (QED) is 0.320. The molecule has 9 nitrogen and oxygen atoms in total. The van der Waals surface area contributed by atoms with Crippen molar-refractivity contribution in [3.8, 4) is 11.1 Å². The largest absolute Gasteiger partial charge is 0.396 e. The third-order valence-electron chi connectivity index (χ3n) is 7.58. The molecule has 3 N–H and O–H groups in total. The highest BCUT2D eigenvalue weighted by molar-refractivity contribution is 6.06. The number of aliphatic imine (C=N–C) groups is 1. The lowest BCUT2D eigenvalue weighted by Crippen LogP contribution is -2.43. The van der Waals surface area contributed by atoms with Gasteiger partial charge >= 0.3 is 0 Å². The lowest BCUT2D eigenvalue weighted by molar-refractivity contribution is -0.127. The van der Waals surface area contributed by atoms with E-state index in [0.717, 1.165) is 61.3 Å². The van der Waals surface area contributed by atoms with Crippen LogP contribution in [-0.2, 0) is 4.79 Å². The number of rotatable bonds is 11. The molecule has 220 valence electrons. The lowest BCUT2D eigenvalue weighted by atomic mass is 9.99. The van der Waals surface area contributed by atoms with Crippen LogP contribution in [0.1, 0.15) is 54.9 Å². The van der Waals surface area contributed by atoms with Gasteiger partial charge in [-0.3, -0.25) is 14.6 Å². The van der Waals surface area contributed by atoms with E-state index < -0.39 is 0 Å². The van der Waals surface area contributed by atoms with E-state index in [9.17, 15) is 14.7 Å². The van der Waals surface area contributed by atoms with Gasteiger partial charge in [-0.2, -0.15) is 0 Å². The van der Waals surface area contributed by atoms with Crippen molar-refractivity contribution in [3.63, 3.8) is 0 Å². The second kappa shape index (κ2) is 14.4. The van der Waals surface area contributed by atoms with E-state index in [2.05, 4.69) is 4.90 Å². The van der Waals surface area contributed by atoms with Gasteiger partial charge < -0.3 is 19.8 Å². The van der Waals surface area contributed by atoms with Crippen molar-refractivity contribution in [2.75, 3.05) is 60.0 Å². The minimum Gasteiger partial charge on any atom is -0.396 e. The first-order chi connectivity index (χ1) is 19.8. The maximum atomic E-state index is 13.7. The summed E-state index contributed by atoms with van der Waals surface area (Å²) in [7, 11) is 3.99. The van der Waals surface area contributed by atoms with Crippen LogP contribution in [0.4, 0.5) is 5.69 Å². The van der Waals surface area contributed by atoms with Crippen molar-refractivity contribution >= 4 is 29.4 Å². The van der Waals surface area contributed by atoms with Gasteiger partial charge in [0, 0.05) is 69.0 Å². The Kier molecular flexibility index (Phi) is 10.7. The van der Waals surface area contributed by atoms with Crippen LogP contribution in [0.3, 0.4) is 0 Å². The maximum absolute atomic E-state index is 13.7. The molecule has 2 aromatic rings. The van der Waals surface area contributed by atoms with Crippen LogP contribution in [0.5, 0.6) is 0 Å². The predicted molar refractivity (Wildman–Crippen MR) is 165 cm³/mol. The number of carbonyl (C=O) groups excluding carboxylic acids is 2. The molecule has 2 heterocycles. The van der Waals surface area contributed by atoms with Gasteiger partial charge in [-0.25, -0.2) is 10.8 Å². The van der Waals surface area contributed by atoms with Gasteiger partial charge in [0.05, 0.1) is 5.69 Å². The Morgan fingerprint density at radius 3 is 2.34 bits per heavy atom. The smallest absolute Gasteiger partial charge is 0.253 e. The van der Waals surface area contributed by atoms with E-state index in [1.807, 2.05) is 79.4 Å². The van der Waals surface area contributed by atoms with Gasteiger partial charge in [-0.15, -0.1) is 0 Å². The molecule has 2 amide bonds. The zero-order valence-corrected chi connectivity index (χ0v) is 24.7. The zero-order chi connectivity index (χ0) is 29.4. The summed E-state index contributed by atoms with van der Waals surface area (Å²) < 4.78 is 0. The van der Waals surface area contributed by atoms with Crippen LogP contribution in [-0.4, -0.2) is 102 Å². The highest BCUT2D eigenvalue weighted by Gasteiger charge is 2.24. The second-order valence-electron chi connectivity index (χ2n) is 11.1. The van der Waals surface area contributed by atoms with Crippen molar-refractivity contribution in [1.82, 2.24) is 19.7 Å². The second-order valence-corrected chi connectivity index (χ2v) is 11.1. The first-order valence-electron chi connectivity index (χ1n) is 14.7. The van der Waals surface area contributed by atoms with E-state index in [0.29, 0.717) is 49.4 Å². The number of hydrazine groups is 1. The number of likely N-dealkylation sites (tertiary alicyclic amines) is 1. The number of aliphatic hydroxyl groups is 1. The van der Waals surface area contributed by atoms with Crippen LogP contribution >= 0.6 is 0 Å². The standard InChI is InChI=1S/C32H44N6O3/c1-4-14-36(17-7-20-39)32(41)28-21-27-13-12-26(22-29(27)34-30(23-28)38(33)19-18-35(2)3)24-8-10-25(11-9-24)31(40)37-15-5-6-16-37/h8-13,21-22,39H,4-7,14-20,23,33H2,1-3H3. The minimum absolute atomic E-state index is 0.0410. The molecular formula is C32H44N6O3. The molecule has 0 aliphatic carbocycles. The van der Waals surface area contributed by atoms with Crippen molar-refractivity contribution in [3.05, 3.63) is 59.2 Å². The molecule has 1 fully saturated rings. The molecule has 9 heteroatoms. The molecule has 1 saturated heterocycles. The average molecular weight is 561 g/mol. The molecule has 0 radical (unpaired) electrons. The fraction of sp³-hybridized carbons (Fsp3) is 0.469. The topological polar surface area (TPSA) is 106 Å². The number of amides is 2. The number of hydrogen-bond acceptors (Lipinski definition) is 7. The van der Waals surface area contributed by atoms with E-state index in [-0.39, 0.29) is 18.4 Å². The summed E-state index contributed by atoms with van der Waals surface area (Å²) in [4.78, 5) is 37.2. The van der Waals surface area contributed by atoms with Crippen LogP contribution < -0.4 is 5.84 Å². The maximum Gasteiger partial charge on any atom is 0.253 e. The fourth-order valence-electron chi connectivity index (χ4n) is 5.23. The number of hydrogen-bond donors (Lipinski definition) is 2. The Balaban J connectivity index is 1.66. The number of amidine groups is 1. The summed E-state index contributed by atoms with van der Waals surface area (Å²) in [5.74, 6) is 7.17. The molecule has 0 aromatic heterocycles. The van der Waals surface area contributed by atoms with E-state index >= 15 is 0 Å². The van der Waals surface area contributed by atoms with Crippen molar-refractivity contribution in [2.24, 2.45) is 10.8 Å². The molecule has 0 bridgehead atoms. The third-order valence-corrected chi connectivity index (χ3v) is 7.58. The molecule has 0 atom stereocenters. The summed E-state index contributed by atoms with van der Waals surface area (Å²) >= 11 is 0. The minimum atomic E-state index is -0.0517. The first-order valence-corrected chi connectivity index (χ1v) is 14.7. The Hall–Kier alpha value is -3.53. The fourth-order valence-corrected chi connectivity index (χ4v) is 5.23. The summed E-state index contributed by atoms with van der Waals surface area (Å²) in [5, 5.41) is 11.0. The van der Waals surface area contributed by atoms with Gasteiger partial charge in [0.2, 0.25) is 5.91 Å². The highest BCUT2D eigenvalue weighted by atomic mass is 16.3. The molecule has 2 aliphatic heterocycles. The number of nitrogens with two attached hydrogens (primary N) is 1. The van der Waals surface area contributed by atoms with Gasteiger partial charge in [-0.1, -0.05) is 31.2 Å². The number of aliphatic hydroxyl groups excluding tert-OH is 1. The highest BCUT2D eigenvalue weighted by Crippen LogP contribution is 2.33. The Bertz CT molecular complexity index is 1260. The molecule has 0 spiro atoms. The van der Waals surface area contributed by atoms with Crippen molar-refractivity contribution in [2.45, 2.75) is 39.0 Å². The molecule has 2 aliphatic rings. The zero-order valence-electron chi connectivity index (χ0n) is 24.7. The lowest BCUT2D eigenvalue weighted by Gasteiger charge is -2.25. The Labute approximate surface area is 243 Å². The van der Waals surface area contributed by atoms with Crippen LogP contribution in [0.15, 0.2) is 53.0 Å². The van der Waals surface area contributed by atoms with Gasteiger partial charge in [0.25, 0.3) is 5.91 Å². The number of benzene rings is 2. The molecule has 2 aromatic carbocycles.